The van der Waals surface area contributed by atoms with Gasteiger partial charge in [-0.15, -0.1) is 0 Å². The highest BCUT2D eigenvalue weighted by Crippen LogP contribution is 2.36. The number of carbonyl (C=O) groups excluding carboxylic acids is 3. The molecule has 2 N–H and O–H groups in total. The Kier molecular flexibility index (Phi) is 5.81. The molecule has 1 saturated heterocycles. The second-order valence-electron chi connectivity index (χ2n) is 8.74. The van der Waals surface area contributed by atoms with Crippen LogP contribution in [0.1, 0.15) is 44.2 Å². The van der Waals surface area contributed by atoms with Crippen LogP contribution in [0.2, 0.25) is 0 Å². The molecule has 1 aliphatic heterocycles. The van der Waals surface area contributed by atoms with Gasteiger partial charge in [0.15, 0.2) is 5.54 Å². The van der Waals surface area contributed by atoms with Crippen molar-refractivity contribution in [2.24, 2.45) is 11.8 Å². The molecular weight excluding hydrogens is 390 g/mol. The van der Waals surface area contributed by atoms with E-state index in [9.17, 15) is 14.4 Å². The van der Waals surface area contributed by atoms with E-state index in [-0.39, 0.29) is 18.5 Å². The highest BCUT2D eigenvalue weighted by molar-refractivity contribution is 6.11. The van der Waals surface area contributed by atoms with Gasteiger partial charge in [-0.3, -0.25) is 14.5 Å². The van der Waals surface area contributed by atoms with Crippen molar-refractivity contribution in [2.75, 3.05) is 6.54 Å². The molecule has 162 valence electrons. The van der Waals surface area contributed by atoms with Crippen LogP contribution in [0.25, 0.3) is 0 Å². The van der Waals surface area contributed by atoms with Gasteiger partial charge >= 0.3 is 6.03 Å². The van der Waals surface area contributed by atoms with E-state index >= 15 is 0 Å². The molecule has 3 atom stereocenters. The summed E-state index contributed by atoms with van der Waals surface area (Å²) in [5.74, 6) is 0.176. The van der Waals surface area contributed by atoms with Gasteiger partial charge in [0.1, 0.15) is 6.54 Å². The second-order valence-corrected chi connectivity index (χ2v) is 8.74. The summed E-state index contributed by atoms with van der Waals surface area (Å²) in [6.07, 6.45) is 3.16. The van der Waals surface area contributed by atoms with Crippen molar-refractivity contribution in [1.29, 1.82) is 0 Å². The normalized spacial score (nSPS) is 25.2. The molecule has 6 heteroatoms. The Labute approximate surface area is 183 Å². The van der Waals surface area contributed by atoms with Crippen LogP contribution >= 0.6 is 0 Å². The van der Waals surface area contributed by atoms with E-state index in [1.807, 2.05) is 60.7 Å². The molecule has 6 nitrogen and oxygen atoms in total. The Morgan fingerprint density at radius 1 is 1.00 bits per heavy atom. The lowest BCUT2D eigenvalue weighted by molar-refractivity contribution is -0.134. The summed E-state index contributed by atoms with van der Waals surface area (Å²) in [6, 6.07) is 17.9. The summed E-state index contributed by atoms with van der Waals surface area (Å²) in [5.41, 5.74) is -0.0126. The van der Waals surface area contributed by atoms with Crippen LogP contribution < -0.4 is 10.6 Å². The van der Waals surface area contributed by atoms with Crippen LogP contribution in [0.5, 0.6) is 0 Å². The van der Waals surface area contributed by atoms with Crippen molar-refractivity contribution in [3.8, 4) is 0 Å². The number of hydrogen-bond donors (Lipinski definition) is 2. The highest BCUT2D eigenvalue weighted by Gasteiger charge is 2.54. The van der Waals surface area contributed by atoms with E-state index in [1.54, 1.807) is 0 Å². The fourth-order valence-electron chi connectivity index (χ4n) is 4.84. The van der Waals surface area contributed by atoms with Crippen LogP contribution in [0.3, 0.4) is 0 Å². The minimum Gasteiger partial charge on any atom is -0.352 e. The molecule has 0 bridgehead atoms. The molecule has 1 aliphatic carbocycles. The van der Waals surface area contributed by atoms with Crippen LogP contribution in [0.15, 0.2) is 60.7 Å². The SMILES string of the molecule is C[C@H]1[C@@H](NC(=O)CN2C(=O)NC(c3ccccc3)(c3ccccc3)C2=O)CCC[C@@H]1C. The molecule has 0 unspecified atom stereocenters. The maximum absolute atomic E-state index is 13.6. The zero-order chi connectivity index (χ0) is 22.0. The lowest BCUT2D eigenvalue weighted by Crippen LogP contribution is -2.49. The molecule has 2 aromatic carbocycles. The monoisotopic (exact) mass is 419 g/mol. The Bertz CT molecular complexity index is 921. The number of nitrogens with zero attached hydrogens (tertiary/aromatic N) is 1. The van der Waals surface area contributed by atoms with Crippen molar-refractivity contribution in [3.05, 3.63) is 71.8 Å². The first-order valence-corrected chi connectivity index (χ1v) is 11.0. The van der Waals surface area contributed by atoms with Crippen molar-refractivity contribution in [1.82, 2.24) is 15.5 Å². The molecule has 4 rings (SSSR count). The molecule has 0 aromatic heterocycles. The van der Waals surface area contributed by atoms with Crippen LogP contribution in [-0.2, 0) is 15.1 Å². The molecule has 2 aromatic rings. The lowest BCUT2D eigenvalue weighted by atomic mass is 9.78. The van der Waals surface area contributed by atoms with Crippen molar-refractivity contribution >= 4 is 17.8 Å². The fraction of sp³-hybridized carbons (Fsp3) is 0.400. The molecule has 4 amide bonds. The Morgan fingerprint density at radius 3 is 2.16 bits per heavy atom. The van der Waals surface area contributed by atoms with Crippen molar-refractivity contribution in [2.45, 2.75) is 44.7 Å². The number of amides is 4. The van der Waals surface area contributed by atoms with Gasteiger partial charge < -0.3 is 10.6 Å². The molecule has 2 fully saturated rings. The first-order chi connectivity index (χ1) is 14.9. The standard InChI is InChI=1S/C25H29N3O3/c1-17-10-9-15-21(18(17)2)26-22(29)16-28-23(30)25(27-24(28)31,19-11-5-3-6-12-19)20-13-7-4-8-14-20/h3-8,11-14,17-18,21H,9-10,15-16H2,1-2H3,(H,26,29)(H,27,31)/t17-,18+,21-/m0/s1. The van der Waals surface area contributed by atoms with Gasteiger partial charge in [-0.2, -0.15) is 0 Å². The first kappa shape index (κ1) is 21.1. The van der Waals surface area contributed by atoms with E-state index in [4.69, 9.17) is 0 Å². The van der Waals surface area contributed by atoms with E-state index < -0.39 is 17.5 Å². The Morgan fingerprint density at radius 2 is 1.58 bits per heavy atom. The summed E-state index contributed by atoms with van der Waals surface area (Å²) in [5, 5.41) is 5.94. The lowest BCUT2D eigenvalue weighted by Gasteiger charge is -2.34. The van der Waals surface area contributed by atoms with Crippen molar-refractivity contribution < 1.29 is 14.4 Å². The summed E-state index contributed by atoms with van der Waals surface area (Å²) >= 11 is 0. The highest BCUT2D eigenvalue weighted by atomic mass is 16.2. The summed E-state index contributed by atoms with van der Waals surface area (Å²) in [6.45, 7) is 4.07. The number of carbonyl (C=O) groups is 3. The zero-order valence-corrected chi connectivity index (χ0v) is 18.0. The smallest absolute Gasteiger partial charge is 0.326 e. The third-order valence-electron chi connectivity index (χ3n) is 6.87. The number of nitrogens with one attached hydrogen (secondary N) is 2. The van der Waals surface area contributed by atoms with Gasteiger partial charge in [-0.25, -0.2) is 4.79 Å². The zero-order valence-electron chi connectivity index (χ0n) is 18.0. The van der Waals surface area contributed by atoms with Gasteiger partial charge in [-0.1, -0.05) is 87.4 Å². The van der Waals surface area contributed by atoms with Crippen LogP contribution in [-0.4, -0.2) is 35.3 Å². The van der Waals surface area contributed by atoms with E-state index in [2.05, 4.69) is 24.5 Å². The topological polar surface area (TPSA) is 78.5 Å². The maximum atomic E-state index is 13.6. The van der Waals surface area contributed by atoms with Crippen LogP contribution in [0, 0.1) is 11.8 Å². The molecular formula is C25H29N3O3. The predicted molar refractivity (Wildman–Crippen MR) is 118 cm³/mol. The predicted octanol–water partition coefficient (Wildman–Crippen LogP) is 3.42. The number of urea groups is 1. The summed E-state index contributed by atoms with van der Waals surface area (Å²) < 4.78 is 0. The average molecular weight is 420 g/mol. The number of imide groups is 1. The quantitative estimate of drug-likeness (QED) is 0.729. The first-order valence-electron chi connectivity index (χ1n) is 11.0. The number of benzene rings is 2. The minimum absolute atomic E-state index is 0.0741. The number of rotatable bonds is 5. The Hall–Kier alpha value is -3.15. The average Bonchev–Trinajstić information content (AvgIpc) is 3.04. The summed E-state index contributed by atoms with van der Waals surface area (Å²) in [7, 11) is 0. The van der Waals surface area contributed by atoms with Gasteiger partial charge in [0.2, 0.25) is 5.91 Å². The van der Waals surface area contributed by atoms with Gasteiger partial charge in [0.05, 0.1) is 0 Å². The Balaban J connectivity index is 1.59. The van der Waals surface area contributed by atoms with E-state index in [0.717, 1.165) is 24.2 Å². The molecule has 1 heterocycles. The molecule has 31 heavy (non-hydrogen) atoms. The fourth-order valence-corrected chi connectivity index (χ4v) is 4.84. The van der Waals surface area contributed by atoms with E-state index in [1.165, 1.54) is 0 Å². The van der Waals surface area contributed by atoms with Gasteiger partial charge in [-0.05, 0) is 29.4 Å². The minimum atomic E-state index is -1.34. The molecule has 1 saturated carbocycles. The molecule has 2 aliphatic rings. The van der Waals surface area contributed by atoms with Crippen molar-refractivity contribution in [3.63, 3.8) is 0 Å². The second kappa shape index (κ2) is 8.53. The third-order valence-corrected chi connectivity index (χ3v) is 6.87. The van der Waals surface area contributed by atoms with E-state index in [0.29, 0.717) is 23.0 Å². The molecule has 0 radical (unpaired) electrons. The van der Waals surface area contributed by atoms with Gasteiger partial charge in [0, 0.05) is 6.04 Å². The largest absolute Gasteiger partial charge is 0.352 e. The summed E-state index contributed by atoms with van der Waals surface area (Å²) in [4.78, 5) is 40.4. The third kappa shape index (κ3) is 3.82. The maximum Gasteiger partial charge on any atom is 0.326 e. The molecule has 0 spiro atoms. The van der Waals surface area contributed by atoms with Crippen LogP contribution in [0.4, 0.5) is 4.79 Å². The van der Waals surface area contributed by atoms with Gasteiger partial charge in [0.25, 0.3) is 5.91 Å². The number of hydrogen-bond acceptors (Lipinski definition) is 3.